The van der Waals surface area contributed by atoms with Crippen molar-refractivity contribution in [2.24, 2.45) is 0 Å². The highest BCUT2D eigenvalue weighted by atomic mass is 32.2. The number of nitrogens with one attached hydrogen (secondary N) is 1. The molecule has 0 radical (unpaired) electrons. The first-order chi connectivity index (χ1) is 11.3. The second-order valence-electron chi connectivity index (χ2n) is 4.58. The molecule has 10 nitrogen and oxygen atoms in total. The lowest BCUT2D eigenvalue weighted by Crippen LogP contribution is -2.42. The van der Waals surface area contributed by atoms with Crippen LogP contribution >= 0.6 is 11.8 Å². The molecule has 0 aromatic heterocycles. The molecular weight excluding hydrogens is 342 g/mol. The van der Waals surface area contributed by atoms with Crippen molar-refractivity contribution < 1.29 is 24.2 Å². The summed E-state index contributed by atoms with van der Waals surface area (Å²) in [6.07, 6.45) is 2.11. The van der Waals surface area contributed by atoms with Gasteiger partial charge in [-0.05, 0) is 18.4 Å². The Balaban J connectivity index is 3.09. The zero-order valence-electron chi connectivity index (χ0n) is 12.9. The lowest BCUT2D eigenvalue weighted by atomic mass is 10.1. The van der Waals surface area contributed by atoms with Crippen LogP contribution in [0.25, 0.3) is 0 Å². The second kappa shape index (κ2) is 8.82. The molecule has 1 N–H and O–H groups in total. The average molecular weight is 357 g/mol. The third-order valence-corrected chi connectivity index (χ3v) is 3.63. The van der Waals surface area contributed by atoms with E-state index in [1.54, 1.807) is 0 Å². The van der Waals surface area contributed by atoms with Crippen molar-refractivity contribution in [2.75, 3.05) is 19.1 Å². The van der Waals surface area contributed by atoms with Crippen molar-refractivity contribution in [3.63, 3.8) is 0 Å². The van der Waals surface area contributed by atoms with E-state index in [9.17, 15) is 29.8 Å². The number of hydrogen-bond donors (Lipinski definition) is 1. The maximum absolute atomic E-state index is 12.2. The number of esters is 1. The van der Waals surface area contributed by atoms with Gasteiger partial charge in [0.15, 0.2) is 0 Å². The van der Waals surface area contributed by atoms with Gasteiger partial charge < -0.3 is 10.1 Å². The van der Waals surface area contributed by atoms with Gasteiger partial charge in [-0.3, -0.25) is 25.0 Å². The largest absolute Gasteiger partial charge is 0.467 e. The van der Waals surface area contributed by atoms with E-state index in [1.807, 2.05) is 6.26 Å². The van der Waals surface area contributed by atoms with Gasteiger partial charge in [0, 0.05) is 12.1 Å². The lowest BCUT2D eigenvalue weighted by Gasteiger charge is -2.15. The van der Waals surface area contributed by atoms with Gasteiger partial charge in [-0.2, -0.15) is 11.8 Å². The number of methoxy groups -OCH3 is 1. The molecule has 11 heteroatoms. The maximum Gasteiger partial charge on any atom is 0.328 e. The van der Waals surface area contributed by atoms with Crippen LogP contribution in [-0.4, -0.2) is 46.9 Å². The van der Waals surface area contributed by atoms with Gasteiger partial charge in [-0.15, -0.1) is 0 Å². The quantitative estimate of drug-likeness (QED) is 0.419. The van der Waals surface area contributed by atoms with Crippen molar-refractivity contribution in [2.45, 2.75) is 12.5 Å². The summed E-state index contributed by atoms with van der Waals surface area (Å²) in [5, 5.41) is 24.1. The van der Waals surface area contributed by atoms with Crippen LogP contribution in [-0.2, 0) is 9.53 Å². The highest BCUT2D eigenvalue weighted by Crippen LogP contribution is 2.22. The van der Waals surface area contributed by atoms with E-state index in [-0.39, 0.29) is 12.0 Å². The topological polar surface area (TPSA) is 142 Å². The van der Waals surface area contributed by atoms with Crippen LogP contribution in [0.15, 0.2) is 18.2 Å². The van der Waals surface area contributed by atoms with Crippen molar-refractivity contribution in [1.82, 2.24) is 5.32 Å². The smallest absolute Gasteiger partial charge is 0.328 e. The van der Waals surface area contributed by atoms with E-state index in [4.69, 9.17) is 0 Å². The number of non-ortho nitro benzene ring substituents is 2. The third-order valence-electron chi connectivity index (χ3n) is 2.99. The van der Waals surface area contributed by atoms with Crippen LogP contribution in [0.3, 0.4) is 0 Å². The van der Waals surface area contributed by atoms with E-state index in [0.29, 0.717) is 5.75 Å². The highest BCUT2D eigenvalue weighted by molar-refractivity contribution is 7.98. The molecule has 0 aliphatic heterocycles. The number of rotatable bonds is 8. The second-order valence-corrected chi connectivity index (χ2v) is 5.57. The Morgan fingerprint density at radius 2 is 1.75 bits per heavy atom. The number of nitro benzene ring substituents is 2. The van der Waals surface area contributed by atoms with Crippen LogP contribution in [0.2, 0.25) is 0 Å². The number of carbonyl (C=O) groups is 2. The summed E-state index contributed by atoms with van der Waals surface area (Å²) >= 11 is 1.46. The SMILES string of the molecule is COC(=O)[C@H](CCSC)NC(=O)c1cc([N+](=O)[O-])cc([N+](=O)[O-])c1. The van der Waals surface area contributed by atoms with E-state index in [2.05, 4.69) is 10.1 Å². The molecular formula is C13H15N3O7S. The molecule has 0 heterocycles. The fraction of sp³-hybridized carbons (Fsp3) is 0.385. The van der Waals surface area contributed by atoms with Crippen LogP contribution in [0.4, 0.5) is 11.4 Å². The molecule has 0 saturated carbocycles. The van der Waals surface area contributed by atoms with Crippen molar-refractivity contribution in [3.8, 4) is 0 Å². The van der Waals surface area contributed by atoms with Gasteiger partial charge in [0.2, 0.25) is 0 Å². The Bertz CT molecular complexity index is 633. The molecule has 0 unspecified atom stereocenters. The Hall–Kier alpha value is -2.69. The standard InChI is InChI=1S/C13H15N3O7S/c1-23-13(18)11(3-4-24-2)14-12(17)8-5-9(15(19)20)7-10(6-8)16(21)22/h5-7,11H,3-4H2,1-2H3,(H,14,17)/t11-/m0/s1. The Labute approximate surface area is 140 Å². The minimum absolute atomic E-state index is 0.283. The Morgan fingerprint density at radius 3 is 2.17 bits per heavy atom. The first-order valence-electron chi connectivity index (χ1n) is 6.61. The molecule has 1 amide bonds. The number of nitrogens with zero attached hydrogens (tertiary/aromatic N) is 2. The van der Waals surface area contributed by atoms with Crippen molar-refractivity contribution >= 4 is 35.0 Å². The number of nitro groups is 2. The predicted octanol–water partition coefficient (Wildman–Crippen LogP) is 1.53. The molecule has 0 aliphatic rings. The number of thioether (sulfide) groups is 1. The highest BCUT2D eigenvalue weighted by Gasteiger charge is 2.25. The first-order valence-corrected chi connectivity index (χ1v) is 8.01. The summed E-state index contributed by atoms with van der Waals surface area (Å²) in [5.74, 6) is -0.939. The molecule has 1 atom stereocenters. The monoisotopic (exact) mass is 357 g/mol. The van der Waals surface area contributed by atoms with E-state index in [1.165, 1.54) is 18.9 Å². The van der Waals surface area contributed by atoms with Crippen molar-refractivity contribution in [1.29, 1.82) is 0 Å². The number of carbonyl (C=O) groups excluding carboxylic acids is 2. The van der Waals surface area contributed by atoms with Gasteiger partial charge in [-0.25, -0.2) is 4.79 Å². The lowest BCUT2D eigenvalue weighted by molar-refractivity contribution is -0.394. The summed E-state index contributed by atoms with van der Waals surface area (Å²) < 4.78 is 4.59. The predicted molar refractivity (Wildman–Crippen MR) is 86.0 cm³/mol. The molecule has 0 saturated heterocycles. The molecule has 0 fully saturated rings. The summed E-state index contributed by atoms with van der Waals surface area (Å²) in [7, 11) is 1.17. The first kappa shape index (κ1) is 19.4. The Morgan fingerprint density at radius 1 is 1.21 bits per heavy atom. The summed E-state index contributed by atoms with van der Waals surface area (Å²) in [4.78, 5) is 43.9. The van der Waals surface area contributed by atoms with Gasteiger partial charge in [0.25, 0.3) is 17.3 Å². The molecule has 0 bridgehead atoms. The van der Waals surface area contributed by atoms with E-state index in [0.717, 1.165) is 18.2 Å². The number of hydrogen-bond acceptors (Lipinski definition) is 8. The molecule has 1 aromatic carbocycles. The van der Waals surface area contributed by atoms with Gasteiger partial charge in [0.1, 0.15) is 6.04 Å². The molecule has 0 aliphatic carbocycles. The maximum atomic E-state index is 12.2. The molecule has 0 spiro atoms. The minimum Gasteiger partial charge on any atom is -0.467 e. The third kappa shape index (κ3) is 5.19. The fourth-order valence-electron chi connectivity index (χ4n) is 1.81. The summed E-state index contributed by atoms with van der Waals surface area (Å²) in [5.41, 5.74) is -1.46. The number of ether oxygens (including phenoxy) is 1. The normalized spacial score (nSPS) is 11.4. The van der Waals surface area contributed by atoms with Crippen LogP contribution in [0.1, 0.15) is 16.8 Å². The van der Waals surface area contributed by atoms with Crippen LogP contribution in [0.5, 0.6) is 0 Å². The van der Waals surface area contributed by atoms with Crippen molar-refractivity contribution in [3.05, 3.63) is 44.0 Å². The molecule has 1 aromatic rings. The summed E-state index contributed by atoms with van der Waals surface area (Å²) in [6.45, 7) is 0. The zero-order chi connectivity index (χ0) is 18.3. The minimum atomic E-state index is -0.951. The van der Waals surface area contributed by atoms with Gasteiger partial charge >= 0.3 is 5.97 Å². The Kier molecular flexibility index (Phi) is 7.11. The molecule has 1 rings (SSSR count). The van der Waals surface area contributed by atoms with Gasteiger partial charge in [-0.1, -0.05) is 0 Å². The van der Waals surface area contributed by atoms with Gasteiger partial charge in [0.05, 0.1) is 28.6 Å². The van der Waals surface area contributed by atoms with Crippen LogP contribution in [0, 0.1) is 20.2 Å². The van der Waals surface area contributed by atoms with E-state index < -0.39 is 39.1 Å². The number of benzene rings is 1. The average Bonchev–Trinajstić information content (AvgIpc) is 2.56. The molecule has 24 heavy (non-hydrogen) atoms. The zero-order valence-corrected chi connectivity index (χ0v) is 13.7. The van der Waals surface area contributed by atoms with Crippen LogP contribution < -0.4 is 5.32 Å². The fourth-order valence-corrected chi connectivity index (χ4v) is 2.28. The summed E-state index contributed by atoms with van der Waals surface area (Å²) in [6, 6.07) is 1.62. The molecule has 130 valence electrons. The van der Waals surface area contributed by atoms with E-state index >= 15 is 0 Å². The number of amides is 1.